The van der Waals surface area contributed by atoms with Gasteiger partial charge in [-0.2, -0.15) is 0 Å². The van der Waals surface area contributed by atoms with Crippen molar-refractivity contribution in [2.24, 2.45) is 0 Å². The number of halogens is 1. The van der Waals surface area contributed by atoms with Gasteiger partial charge in [0.05, 0.1) is 0 Å². The van der Waals surface area contributed by atoms with E-state index < -0.39 is 5.69 Å². The highest BCUT2D eigenvalue weighted by molar-refractivity contribution is 9.10. The van der Waals surface area contributed by atoms with Crippen LogP contribution in [0.25, 0.3) is 0 Å². The van der Waals surface area contributed by atoms with Gasteiger partial charge in [-0.3, -0.25) is 9.78 Å². The second-order valence-electron chi connectivity index (χ2n) is 2.79. The smallest absolute Gasteiger partial charge is 0.310 e. The van der Waals surface area contributed by atoms with Gasteiger partial charge in [-0.05, 0) is 21.8 Å². The topological polar surface area (TPSA) is 65.7 Å². The second kappa shape index (κ2) is 3.26. The zero-order chi connectivity index (χ0) is 9.30. The van der Waals surface area contributed by atoms with E-state index in [1.165, 1.54) is 0 Å². The molecule has 0 aliphatic carbocycles. The molecule has 5 heteroatoms. The SMILES string of the molecule is CC(C)c1[nH]c(=O)[nH]c(=O)c1Br. The summed E-state index contributed by atoms with van der Waals surface area (Å²) in [6, 6.07) is 0. The number of rotatable bonds is 1. The normalized spacial score (nSPS) is 10.7. The molecule has 0 aliphatic heterocycles. The quantitative estimate of drug-likeness (QED) is 0.758. The first kappa shape index (κ1) is 9.25. The van der Waals surface area contributed by atoms with E-state index in [1.54, 1.807) is 0 Å². The van der Waals surface area contributed by atoms with Crippen LogP contribution in [0.4, 0.5) is 0 Å². The van der Waals surface area contributed by atoms with Gasteiger partial charge in [0.2, 0.25) is 0 Å². The number of nitrogens with one attached hydrogen (secondary N) is 2. The van der Waals surface area contributed by atoms with Crippen molar-refractivity contribution in [2.75, 3.05) is 0 Å². The van der Waals surface area contributed by atoms with Crippen LogP contribution >= 0.6 is 15.9 Å². The number of aromatic amines is 2. The molecule has 0 fully saturated rings. The van der Waals surface area contributed by atoms with Crippen molar-refractivity contribution < 1.29 is 0 Å². The molecular formula is C7H9BrN2O2. The van der Waals surface area contributed by atoms with E-state index in [4.69, 9.17) is 0 Å². The minimum Gasteiger partial charge on any atom is -0.310 e. The van der Waals surface area contributed by atoms with E-state index >= 15 is 0 Å². The molecule has 0 unspecified atom stereocenters. The Bertz CT molecular complexity index is 391. The molecule has 1 heterocycles. The van der Waals surface area contributed by atoms with Crippen LogP contribution in [0.2, 0.25) is 0 Å². The molecule has 0 atom stereocenters. The monoisotopic (exact) mass is 232 g/mol. The summed E-state index contributed by atoms with van der Waals surface area (Å²) in [6.07, 6.45) is 0. The number of H-pyrrole nitrogens is 2. The summed E-state index contributed by atoms with van der Waals surface area (Å²) < 4.78 is 0.400. The molecule has 2 N–H and O–H groups in total. The summed E-state index contributed by atoms with van der Waals surface area (Å²) in [6.45, 7) is 3.80. The maximum absolute atomic E-state index is 11.0. The van der Waals surface area contributed by atoms with Gasteiger partial charge >= 0.3 is 5.69 Å². The predicted octanol–water partition coefficient (Wildman–Crippen LogP) is 0.949. The highest BCUT2D eigenvalue weighted by Gasteiger charge is 2.08. The van der Waals surface area contributed by atoms with Crippen LogP contribution in [0.3, 0.4) is 0 Å². The Morgan fingerprint density at radius 3 is 2.33 bits per heavy atom. The average Bonchev–Trinajstić information content (AvgIpc) is 1.96. The first-order valence-corrected chi connectivity index (χ1v) is 4.33. The van der Waals surface area contributed by atoms with Crippen molar-refractivity contribution in [3.63, 3.8) is 0 Å². The standard InChI is InChI=1S/C7H9BrN2O2/c1-3(2)5-4(8)6(11)10-7(12)9-5/h3H,1-2H3,(H2,9,10,11,12). The lowest BCUT2D eigenvalue weighted by molar-refractivity contribution is 0.786. The van der Waals surface area contributed by atoms with E-state index in [9.17, 15) is 9.59 Å². The van der Waals surface area contributed by atoms with E-state index in [1.807, 2.05) is 13.8 Å². The van der Waals surface area contributed by atoms with Crippen molar-refractivity contribution in [1.82, 2.24) is 9.97 Å². The molecule has 4 nitrogen and oxygen atoms in total. The summed E-state index contributed by atoms with van der Waals surface area (Å²) >= 11 is 3.10. The molecule has 66 valence electrons. The third-order valence-corrected chi connectivity index (χ3v) is 2.28. The third-order valence-electron chi connectivity index (χ3n) is 1.49. The van der Waals surface area contributed by atoms with Gasteiger partial charge < -0.3 is 4.98 Å². The van der Waals surface area contributed by atoms with Crippen molar-refractivity contribution >= 4 is 15.9 Å². The summed E-state index contributed by atoms with van der Waals surface area (Å²) in [7, 11) is 0. The van der Waals surface area contributed by atoms with Gasteiger partial charge in [0.25, 0.3) is 5.56 Å². The minimum atomic E-state index is -0.466. The fourth-order valence-electron chi connectivity index (χ4n) is 0.887. The Kier molecular flexibility index (Phi) is 2.52. The average molecular weight is 233 g/mol. The summed E-state index contributed by atoms with van der Waals surface area (Å²) in [4.78, 5) is 26.6. The fourth-order valence-corrected chi connectivity index (χ4v) is 1.54. The van der Waals surface area contributed by atoms with E-state index in [2.05, 4.69) is 25.9 Å². The molecular weight excluding hydrogens is 224 g/mol. The Balaban J connectivity index is 3.49. The summed E-state index contributed by atoms with van der Waals surface area (Å²) in [5.41, 5.74) is -0.224. The third kappa shape index (κ3) is 1.66. The Labute approximate surface area is 77.2 Å². The predicted molar refractivity (Wildman–Crippen MR) is 49.5 cm³/mol. The van der Waals surface area contributed by atoms with Crippen LogP contribution < -0.4 is 11.2 Å². The Morgan fingerprint density at radius 2 is 1.83 bits per heavy atom. The van der Waals surface area contributed by atoms with Gasteiger partial charge in [-0.15, -0.1) is 0 Å². The van der Waals surface area contributed by atoms with Crippen LogP contribution in [0.1, 0.15) is 25.5 Å². The summed E-state index contributed by atoms with van der Waals surface area (Å²) in [5, 5.41) is 0. The highest BCUT2D eigenvalue weighted by Crippen LogP contribution is 2.16. The first-order valence-electron chi connectivity index (χ1n) is 3.54. The minimum absolute atomic E-state index is 0.120. The molecule has 0 spiro atoms. The van der Waals surface area contributed by atoms with Gasteiger partial charge in [-0.25, -0.2) is 4.79 Å². The maximum atomic E-state index is 11.0. The molecule has 0 amide bonds. The molecule has 1 rings (SSSR count). The van der Waals surface area contributed by atoms with E-state index in [-0.39, 0.29) is 11.5 Å². The zero-order valence-electron chi connectivity index (χ0n) is 6.77. The molecule has 0 aromatic carbocycles. The lowest BCUT2D eigenvalue weighted by Crippen LogP contribution is -2.25. The number of hydrogen-bond acceptors (Lipinski definition) is 2. The molecule has 0 saturated carbocycles. The van der Waals surface area contributed by atoms with Crippen LogP contribution in [-0.2, 0) is 0 Å². The Hall–Kier alpha value is -0.840. The Morgan fingerprint density at radius 1 is 1.25 bits per heavy atom. The van der Waals surface area contributed by atoms with Gasteiger partial charge in [-0.1, -0.05) is 13.8 Å². The van der Waals surface area contributed by atoms with Crippen LogP contribution in [-0.4, -0.2) is 9.97 Å². The fraction of sp³-hybridized carbons (Fsp3) is 0.429. The van der Waals surface area contributed by atoms with E-state index in [0.717, 1.165) is 0 Å². The molecule has 0 saturated heterocycles. The number of aromatic nitrogens is 2. The van der Waals surface area contributed by atoms with Crippen LogP contribution in [0.5, 0.6) is 0 Å². The van der Waals surface area contributed by atoms with Gasteiger partial charge in [0, 0.05) is 5.69 Å². The summed E-state index contributed by atoms with van der Waals surface area (Å²) in [5.74, 6) is 0.120. The van der Waals surface area contributed by atoms with Crippen molar-refractivity contribution in [3.05, 3.63) is 31.0 Å². The van der Waals surface area contributed by atoms with E-state index in [0.29, 0.717) is 10.2 Å². The zero-order valence-corrected chi connectivity index (χ0v) is 8.36. The van der Waals surface area contributed by atoms with Crippen molar-refractivity contribution in [3.8, 4) is 0 Å². The first-order chi connectivity index (χ1) is 5.52. The maximum Gasteiger partial charge on any atom is 0.325 e. The lowest BCUT2D eigenvalue weighted by Gasteiger charge is -2.05. The number of hydrogen-bond donors (Lipinski definition) is 2. The molecule has 0 radical (unpaired) electrons. The lowest BCUT2D eigenvalue weighted by atomic mass is 10.1. The van der Waals surface area contributed by atoms with Crippen molar-refractivity contribution in [1.29, 1.82) is 0 Å². The molecule has 0 bridgehead atoms. The van der Waals surface area contributed by atoms with Crippen LogP contribution in [0, 0.1) is 0 Å². The molecule has 12 heavy (non-hydrogen) atoms. The van der Waals surface area contributed by atoms with Crippen molar-refractivity contribution in [2.45, 2.75) is 19.8 Å². The highest BCUT2D eigenvalue weighted by atomic mass is 79.9. The largest absolute Gasteiger partial charge is 0.325 e. The molecule has 0 aliphatic rings. The van der Waals surface area contributed by atoms with Gasteiger partial charge in [0.1, 0.15) is 4.47 Å². The second-order valence-corrected chi connectivity index (χ2v) is 3.58. The molecule has 1 aromatic heterocycles. The van der Waals surface area contributed by atoms with Crippen LogP contribution in [0.15, 0.2) is 14.1 Å². The van der Waals surface area contributed by atoms with Gasteiger partial charge in [0.15, 0.2) is 0 Å². The molecule has 1 aromatic rings.